The van der Waals surface area contributed by atoms with Gasteiger partial charge in [0.05, 0.1) is 6.61 Å². The standard InChI is InChI=1S/C16H28N4O4/c1-4-24-13(21)12(2)18-15(23)20-10-6-16(7-11-20)14(22)17-8-5-9-19(16)3/h12H,4-11H2,1-3H3,(H,17,22)(H,18,23)/t12-/m1/s1. The highest BCUT2D eigenvalue weighted by atomic mass is 16.5. The molecule has 2 rings (SSSR count). The summed E-state index contributed by atoms with van der Waals surface area (Å²) < 4.78 is 4.89. The number of carbonyl (C=O) groups is 3. The van der Waals surface area contributed by atoms with E-state index in [9.17, 15) is 14.4 Å². The van der Waals surface area contributed by atoms with Crippen LogP contribution in [-0.2, 0) is 14.3 Å². The molecule has 2 N–H and O–H groups in total. The fraction of sp³-hybridized carbons (Fsp3) is 0.812. The summed E-state index contributed by atoms with van der Waals surface area (Å²) in [6, 6.07) is -0.973. The van der Waals surface area contributed by atoms with Gasteiger partial charge in [0.1, 0.15) is 11.6 Å². The molecule has 0 unspecified atom stereocenters. The van der Waals surface area contributed by atoms with Gasteiger partial charge in [-0.2, -0.15) is 0 Å². The summed E-state index contributed by atoms with van der Waals surface area (Å²) in [5.74, 6) is -0.385. The smallest absolute Gasteiger partial charge is 0.328 e. The molecule has 1 atom stereocenters. The Morgan fingerprint density at radius 3 is 2.62 bits per heavy atom. The predicted octanol–water partition coefficient (Wildman–Crippen LogP) is -0.0661. The lowest BCUT2D eigenvalue weighted by Gasteiger charge is -2.44. The van der Waals surface area contributed by atoms with Crippen molar-refractivity contribution in [2.75, 3.05) is 39.8 Å². The zero-order valence-electron chi connectivity index (χ0n) is 14.8. The van der Waals surface area contributed by atoms with Crippen LogP contribution in [0.25, 0.3) is 0 Å². The summed E-state index contributed by atoms with van der Waals surface area (Å²) in [6.07, 6.45) is 2.12. The molecule has 0 aliphatic carbocycles. The minimum atomic E-state index is -0.683. The molecule has 0 bridgehead atoms. The Labute approximate surface area is 142 Å². The minimum absolute atomic E-state index is 0.0578. The van der Waals surface area contributed by atoms with E-state index in [-0.39, 0.29) is 18.5 Å². The minimum Gasteiger partial charge on any atom is -0.464 e. The first-order chi connectivity index (χ1) is 11.4. The number of carbonyl (C=O) groups excluding carboxylic acids is 3. The van der Waals surface area contributed by atoms with Crippen molar-refractivity contribution in [1.29, 1.82) is 0 Å². The molecule has 0 aromatic rings. The second-order valence-electron chi connectivity index (χ2n) is 6.47. The van der Waals surface area contributed by atoms with Gasteiger partial charge in [-0.1, -0.05) is 0 Å². The molecular formula is C16H28N4O4. The van der Waals surface area contributed by atoms with Crippen molar-refractivity contribution in [1.82, 2.24) is 20.4 Å². The maximum absolute atomic E-state index is 12.5. The predicted molar refractivity (Wildman–Crippen MR) is 88.4 cm³/mol. The van der Waals surface area contributed by atoms with Crippen molar-refractivity contribution < 1.29 is 19.1 Å². The lowest BCUT2D eigenvalue weighted by Crippen LogP contribution is -2.62. The van der Waals surface area contributed by atoms with Gasteiger partial charge in [0.25, 0.3) is 0 Å². The van der Waals surface area contributed by atoms with Gasteiger partial charge in [-0.15, -0.1) is 0 Å². The van der Waals surface area contributed by atoms with Gasteiger partial charge in [-0.3, -0.25) is 9.69 Å². The Balaban J connectivity index is 1.93. The van der Waals surface area contributed by atoms with Crippen LogP contribution in [0.4, 0.5) is 4.79 Å². The van der Waals surface area contributed by atoms with Crippen LogP contribution in [0, 0.1) is 0 Å². The Bertz CT molecular complexity index is 488. The molecule has 136 valence electrons. The molecule has 8 nitrogen and oxygen atoms in total. The molecule has 1 spiro atoms. The number of hydrogen-bond acceptors (Lipinski definition) is 5. The molecular weight excluding hydrogens is 312 g/mol. The average molecular weight is 340 g/mol. The van der Waals surface area contributed by atoms with Gasteiger partial charge >= 0.3 is 12.0 Å². The van der Waals surface area contributed by atoms with Gasteiger partial charge < -0.3 is 20.3 Å². The molecule has 8 heteroatoms. The fourth-order valence-corrected chi connectivity index (χ4v) is 3.36. The quantitative estimate of drug-likeness (QED) is 0.702. The normalized spacial score (nSPS) is 22.5. The summed E-state index contributed by atoms with van der Waals surface area (Å²) in [6.45, 7) is 6.15. The number of ether oxygens (including phenoxy) is 1. The highest BCUT2D eigenvalue weighted by Gasteiger charge is 2.46. The van der Waals surface area contributed by atoms with Crippen LogP contribution in [0.2, 0.25) is 0 Å². The first-order valence-electron chi connectivity index (χ1n) is 8.62. The van der Waals surface area contributed by atoms with E-state index >= 15 is 0 Å². The van der Waals surface area contributed by atoms with Crippen molar-refractivity contribution in [3.05, 3.63) is 0 Å². The number of piperidine rings is 1. The van der Waals surface area contributed by atoms with Gasteiger partial charge in [-0.25, -0.2) is 9.59 Å². The topological polar surface area (TPSA) is 91.0 Å². The molecule has 2 aliphatic heterocycles. The fourth-order valence-electron chi connectivity index (χ4n) is 3.36. The van der Waals surface area contributed by atoms with Crippen LogP contribution < -0.4 is 10.6 Å². The van der Waals surface area contributed by atoms with Crippen LogP contribution in [0.3, 0.4) is 0 Å². The molecule has 0 aromatic carbocycles. The molecule has 0 saturated carbocycles. The second-order valence-corrected chi connectivity index (χ2v) is 6.47. The van der Waals surface area contributed by atoms with Crippen molar-refractivity contribution in [2.24, 2.45) is 0 Å². The molecule has 0 aromatic heterocycles. The van der Waals surface area contributed by atoms with Crippen LogP contribution in [0.15, 0.2) is 0 Å². The van der Waals surface area contributed by atoms with E-state index in [1.807, 2.05) is 7.05 Å². The van der Waals surface area contributed by atoms with Crippen LogP contribution in [0.5, 0.6) is 0 Å². The number of esters is 1. The number of likely N-dealkylation sites (N-methyl/N-ethyl adjacent to an activating group) is 1. The summed E-state index contributed by atoms with van der Waals surface area (Å²) in [7, 11) is 1.98. The first-order valence-corrected chi connectivity index (χ1v) is 8.62. The van der Waals surface area contributed by atoms with Gasteiger partial charge in [0.2, 0.25) is 5.91 Å². The monoisotopic (exact) mass is 340 g/mol. The van der Waals surface area contributed by atoms with Crippen molar-refractivity contribution in [3.8, 4) is 0 Å². The number of amides is 3. The Morgan fingerprint density at radius 2 is 2.00 bits per heavy atom. The zero-order valence-corrected chi connectivity index (χ0v) is 14.8. The summed E-state index contributed by atoms with van der Waals surface area (Å²) in [5.41, 5.74) is -0.528. The van der Waals surface area contributed by atoms with Gasteiger partial charge in [0.15, 0.2) is 0 Å². The molecule has 2 aliphatic rings. The Morgan fingerprint density at radius 1 is 1.33 bits per heavy atom. The molecule has 3 amide bonds. The molecule has 2 saturated heterocycles. The summed E-state index contributed by atoms with van der Waals surface area (Å²) in [5, 5.41) is 5.64. The van der Waals surface area contributed by atoms with Gasteiger partial charge in [0, 0.05) is 26.2 Å². The highest BCUT2D eigenvalue weighted by molar-refractivity contribution is 5.87. The van der Waals surface area contributed by atoms with Crippen molar-refractivity contribution in [2.45, 2.75) is 44.7 Å². The highest BCUT2D eigenvalue weighted by Crippen LogP contribution is 2.29. The molecule has 2 fully saturated rings. The maximum atomic E-state index is 12.5. The number of urea groups is 1. The van der Waals surface area contributed by atoms with Crippen molar-refractivity contribution in [3.63, 3.8) is 0 Å². The lowest BCUT2D eigenvalue weighted by molar-refractivity contribution is -0.144. The SMILES string of the molecule is CCOC(=O)[C@@H](C)NC(=O)N1CCC2(CC1)C(=O)NCCCN2C. The molecule has 0 radical (unpaired) electrons. The van der Waals surface area contributed by atoms with E-state index in [4.69, 9.17) is 4.74 Å². The van der Waals surface area contributed by atoms with Gasteiger partial charge in [-0.05, 0) is 40.2 Å². The maximum Gasteiger partial charge on any atom is 0.328 e. The number of likely N-dealkylation sites (tertiary alicyclic amines) is 1. The van der Waals surface area contributed by atoms with E-state index in [1.54, 1.807) is 18.7 Å². The lowest BCUT2D eigenvalue weighted by atomic mass is 9.85. The first kappa shape index (κ1) is 18.5. The zero-order chi connectivity index (χ0) is 17.7. The van der Waals surface area contributed by atoms with Crippen LogP contribution in [0.1, 0.15) is 33.1 Å². The van der Waals surface area contributed by atoms with E-state index in [0.29, 0.717) is 32.5 Å². The number of hydrogen-bond donors (Lipinski definition) is 2. The Hall–Kier alpha value is -1.83. The van der Waals surface area contributed by atoms with E-state index in [0.717, 1.165) is 13.0 Å². The van der Waals surface area contributed by atoms with E-state index in [1.165, 1.54) is 0 Å². The second kappa shape index (κ2) is 7.83. The van der Waals surface area contributed by atoms with Crippen LogP contribution >= 0.6 is 0 Å². The van der Waals surface area contributed by atoms with Crippen molar-refractivity contribution >= 4 is 17.9 Å². The molecule has 2 heterocycles. The number of nitrogens with one attached hydrogen (secondary N) is 2. The number of nitrogens with zero attached hydrogens (tertiary/aromatic N) is 2. The third-order valence-electron chi connectivity index (χ3n) is 4.97. The third kappa shape index (κ3) is 3.80. The largest absolute Gasteiger partial charge is 0.464 e. The summed E-state index contributed by atoms with van der Waals surface area (Å²) in [4.78, 5) is 40.2. The average Bonchev–Trinajstić information content (AvgIpc) is 2.70. The summed E-state index contributed by atoms with van der Waals surface area (Å²) >= 11 is 0. The number of rotatable bonds is 3. The Kier molecular flexibility index (Phi) is 6.04. The molecule has 24 heavy (non-hydrogen) atoms. The third-order valence-corrected chi connectivity index (χ3v) is 4.97. The van der Waals surface area contributed by atoms with Crippen LogP contribution in [-0.4, -0.2) is 79.1 Å². The van der Waals surface area contributed by atoms with E-state index < -0.39 is 17.6 Å². The van der Waals surface area contributed by atoms with E-state index in [2.05, 4.69) is 15.5 Å².